The van der Waals surface area contributed by atoms with Crippen LogP contribution in [0.15, 0.2) is 9.59 Å². The van der Waals surface area contributed by atoms with E-state index in [9.17, 15) is 18.8 Å². The van der Waals surface area contributed by atoms with Gasteiger partial charge in [0.25, 0.3) is 5.56 Å². The summed E-state index contributed by atoms with van der Waals surface area (Å²) in [6.45, 7) is 3.96. The van der Waals surface area contributed by atoms with Crippen molar-refractivity contribution in [2.75, 3.05) is 0 Å². The molecule has 2 aromatic rings. The molecular formula is C12H13FN2O3S. The lowest BCUT2D eigenvalue weighted by atomic mass is 10.2. The third-order valence-electron chi connectivity index (χ3n) is 3.02. The van der Waals surface area contributed by atoms with Crippen LogP contribution in [0.5, 0.6) is 0 Å². The van der Waals surface area contributed by atoms with E-state index in [0.717, 1.165) is 20.5 Å². The van der Waals surface area contributed by atoms with E-state index in [1.54, 1.807) is 20.8 Å². The smallest absolute Gasteiger partial charge is 0.297 e. The topological polar surface area (TPSA) is 61.1 Å². The van der Waals surface area contributed by atoms with Crippen LogP contribution in [0.2, 0.25) is 0 Å². The molecule has 0 saturated carbocycles. The van der Waals surface area contributed by atoms with Crippen LogP contribution in [-0.4, -0.2) is 15.4 Å². The first kappa shape index (κ1) is 13.7. The van der Waals surface area contributed by atoms with Gasteiger partial charge < -0.3 is 0 Å². The number of alkyl halides is 1. The second kappa shape index (κ2) is 4.73. The van der Waals surface area contributed by atoms with Gasteiger partial charge >= 0.3 is 5.69 Å². The zero-order valence-electron chi connectivity index (χ0n) is 10.8. The zero-order chi connectivity index (χ0) is 14.3. The average Bonchev–Trinajstić information content (AvgIpc) is 2.66. The number of rotatable bonds is 3. The van der Waals surface area contributed by atoms with Gasteiger partial charge in [0.05, 0.1) is 10.3 Å². The Balaban J connectivity index is 3.12. The van der Waals surface area contributed by atoms with E-state index >= 15 is 0 Å². The van der Waals surface area contributed by atoms with E-state index < -0.39 is 18.0 Å². The number of carbonyl (C=O) groups is 1. The average molecular weight is 284 g/mol. The number of hydrogen-bond donors (Lipinski definition) is 0. The fraction of sp³-hybridized carbons (Fsp3) is 0.417. The summed E-state index contributed by atoms with van der Waals surface area (Å²) in [5.74, 6) is 0. The first-order valence-corrected chi connectivity index (χ1v) is 6.55. The number of aryl methyl sites for hydroxylation is 1. The van der Waals surface area contributed by atoms with E-state index in [1.165, 1.54) is 0 Å². The van der Waals surface area contributed by atoms with Crippen molar-refractivity contribution in [1.29, 1.82) is 0 Å². The molecule has 2 rings (SSSR count). The van der Waals surface area contributed by atoms with E-state index in [-0.39, 0.29) is 16.3 Å². The highest BCUT2D eigenvalue weighted by molar-refractivity contribution is 7.20. The predicted octanol–water partition coefficient (Wildman–Crippen LogP) is 1.85. The third kappa shape index (κ3) is 1.85. The molecule has 102 valence electrons. The van der Waals surface area contributed by atoms with Gasteiger partial charge in [0.1, 0.15) is 4.83 Å². The van der Waals surface area contributed by atoms with Crippen molar-refractivity contribution in [3.05, 3.63) is 31.3 Å². The summed E-state index contributed by atoms with van der Waals surface area (Å²) < 4.78 is 15.0. The highest BCUT2D eigenvalue weighted by Crippen LogP contribution is 2.26. The predicted molar refractivity (Wildman–Crippen MR) is 72.0 cm³/mol. The maximum absolute atomic E-state index is 13.1. The lowest BCUT2D eigenvalue weighted by Crippen LogP contribution is -2.40. The Morgan fingerprint density at radius 1 is 1.37 bits per heavy atom. The summed E-state index contributed by atoms with van der Waals surface area (Å²) in [6, 6.07) is -0.374. The second-order valence-electron chi connectivity index (χ2n) is 4.49. The third-order valence-corrected chi connectivity index (χ3v) is 4.26. The molecule has 0 saturated heterocycles. The molecule has 0 N–H and O–H groups in total. The summed E-state index contributed by atoms with van der Waals surface area (Å²) in [5, 5.41) is 0.248. The number of hydrogen-bond acceptors (Lipinski definition) is 4. The summed E-state index contributed by atoms with van der Waals surface area (Å²) in [7, 11) is 0. The number of carbonyl (C=O) groups excluding carboxylic acids is 1. The van der Waals surface area contributed by atoms with E-state index in [0.29, 0.717) is 16.7 Å². The number of aromatic nitrogens is 2. The fourth-order valence-corrected chi connectivity index (χ4v) is 3.15. The first-order chi connectivity index (χ1) is 8.93. The molecule has 7 heteroatoms. The molecule has 0 unspecified atom stereocenters. The Morgan fingerprint density at radius 3 is 2.47 bits per heavy atom. The highest BCUT2D eigenvalue weighted by atomic mass is 32.1. The van der Waals surface area contributed by atoms with Crippen molar-refractivity contribution < 1.29 is 9.18 Å². The van der Waals surface area contributed by atoms with Gasteiger partial charge in [-0.15, -0.1) is 11.3 Å². The molecule has 2 heterocycles. The number of fused-ring (bicyclic) bond motifs is 1. The largest absolute Gasteiger partial charge is 0.334 e. The summed E-state index contributed by atoms with van der Waals surface area (Å²) >= 11 is 0.965. The van der Waals surface area contributed by atoms with Crippen LogP contribution in [0.1, 0.15) is 35.1 Å². The van der Waals surface area contributed by atoms with Gasteiger partial charge in [-0.1, -0.05) is 0 Å². The molecule has 0 radical (unpaired) electrons. The van der Waals surface area contributed by atoms with Crippen molar-refractivity contribution >= 4 is 27.8 Å². The Bertz CT molecular complexity index is 770. The minimum atomic E-state index is -1.03. The number of halogens is 1. The Hall–Kier alpha value is -1.76. The van der Waals surface area contributed by atoms with Crippen molar-refractivity contribution in [2.45, 2.75) is 33.6 Å². The molecule has 2 aromatic heterocycles. The highest BCUT2D eigenvalue weighted by Gasteiger charge is 2.20. The fourth-order valence-electron chi connectivity index (χ4n) is 2.05. The molecule has 0 bridgehead atoms. The summed E-state index contributed by atoms with van der Waals surface area (Å²) in [4.78, 5) is 35.9. The van der Waals surface area contributed by atoms with E-state index in [2.05, 4.69) is 0 Å². The molecule has 0 amide bonds. The Labute approximate surface area is 111 Å². The molecule has 0 aromatic carbocycles. The molecule has 0 aliphatic rings. The van der Waals surface area contributed by atoms with Crippen LogP contribution in [0, 0.1) is 6.92 Å². The van der Waals surface area contributed by atoms with Crippen LogP contribution >= 0.6 is 11.3 Å². The zero-order valence-corrected chi connectivity index (χ0v) is 11.6. The molecule has 0 spiro atoms. The van der Waals surface area contributed by atoms with Crippen LogP contribution in [0.4, 0.5) is 4.39 Å². The van der Waals surface area contributed by atoms with Crippen molar-refractivity contribution in [3.8, 4) is 0 Å². The molecule has 0 fully saturated rings. The maximum atomic E-state index is 13.1. The standard InChI is InChI=1S/C12H13FN2O3S/c1-6(2)15-10(17)9-7(3)8(4-16)19-11(9)14(5-13)12(15)18/h4,6H,5H2,1-3H3. The minimum Gasteiger partial charge on any atom is -0.297 e. The molecule has 0 atom stereocenters. The van der Waals surface area contributed by atoms with Crippen molar-refractivity contribution in [2.24, 2.45) is 0 Å². The molecule has 5 nitrogen and oxygen atoms in total. The van der Waals surface area contributed by atoms with Crippen LogP contribution in [0.25, 0.3) is 10.2 Å². The van der Waals surface area contributed by atoms with Crippen molar-refractivity contribution in [1.82, 2.24) is 9.13 Å². The van der Waals surface area contributed by atoms with Crippen LogP contribution in [0.3, 0.4) is 0 Å². The summed E-state index contributed by atoms with van der Waals surface area (Å²) in [6.07, 6.45) is 0.617. The normalized spacial score (nSPS) is 11.4. The molecule has 0 aliphatic heterocycles. The lowest BCUT2D eigenvalue weighted by molar-refractivity contribution is 0.112. The van der Waals surface area contributed by atoms with Gasteiger partial charge in [-0.25, -0.2) is 9.18 Å². The van der Waals surface area contributed by atoms with Crippen LogP contribution < -0.4 is 11.2 Å². The van der Waals surface area contributed by atoms with Gasteiger partial charge in [0.2, 0.25) is 0 Å². The minimum absolute atomic E-state index is 0.217. The van der Waals surface area contributed by atoms with Gasteiger partial charge in [-0.3, -0.25) is 18.7 Å². The Morgan fingerprint density at radius 2 is 2.00 bits per heavy atom. The number of nitrogens with zero attached hydrogens (tertiary/aromatic N) is 2. The second-order valence-corrected chi connectivity index (χ2v) is 5.52. The quantitative estimate of drug-likeness (QED) is 0.808. The van der Waals surface area contributed by atoms with E-state index in [4.69, 9.17) is 0 Å². The van der Waals surface area contributed by atoms with Crippen molar-refractivity contribution in [3.63, 3.8) is 0 Å². The Kier molecular flexibility index (Phi) is 3.40. The summed E-state index contributed by atoms with van der Waals surface area (Å²) in [5.41, 5.74) is -0.660. The lowest BCUT2D eigenvalue weighted by Gasteiger charge is -2.12. The van der Waals surface area contributed by atoms with Crippen LogP contribution in [-0.2, 0) is 6.80 Å². The number of thiophene rings is 1. The van der Waals surface area contributed by atoms with Gasteiger partial charge in [0, 0.05) is 6.04 Å². The van der Waals surface area contributed by atoms with Gasteiger partial charge in [-0.2, -0.15) is 0 Å². The monoisotopic (exact) mass is 284 g/mol. The SMILES string of the molecule is Cc1c(C=O)sc2c1c(=O)n(C(C)C)c(=O)n2CF. The maximum Gasteiger partial charge on any atom is 0.334 e. The van der Waals surface area contributed by atoms with Gasteiger partial charge in [-0.05, 0) is 26.3 Å². The first-order valence-electron chi connectivity index (χ1n) is 5.73. The van der Waals surface area contributed by atoms with Gasteiger partial charge in [0.15, 0.2) is 13.1 Å². The molecule has 0 aliphatic carbocycles. The van der Waals surface area contributed by atoms with E-state index in [1.807, 2.05) is 0 Å². The molecule has 19 heavy (non-hydrogen) atoms. The number of aldehydes is 1. The molecular weight excluding hydrogens is 271 g/mol.